The molecule has 1 N–H and O–H groups in total. The van der Waals surface area contributed by atoms with Crippen molar-refractivity contribution in [3.05, 3.63) is 12.3 Å². The number of piperidine rings is 1. The van der Waals surface area contributed by atoms with Crippen LogP contribution in [-0.4, -0.2) is 40.4 Å². The van der Waals surface area contributed by atoms with Gasteiger partial charge in [-0.3, -0.25) is 4.68 Å². The van der Waals surface area contributed by atoms with Crippen LogP contribution in [0.15, 0.2) is 12.3 Å². The Bertz CT molecular complexity index is 299. The molecule has 4 nitrogen and oxygen atoms in total. The number of hydrogen-bond acceptors (Lipinski definition) is 3. The molecule has 1 aromatic rings. The smallest absolute Gasteiger partial charge is 0.124 e. The predicted molar refractivity (Wildman–Crippen MR) is 62.0 cm³/mol. The van der Waals surface area contributed by atoms with Crippen molar-refractivity contribution < 1.29 is 0 Å². The molecule has 1 fully saturated rings. The number of aryl methyl sites for hydroxylation is 1. The Balaban J connectivity index is 1.85. The lowest BCUT2D eigenvalue weighted by atomic mass is 10.1. The number of likely N-dealkylation sites (tertiary alicyclic amines) is 1. The van der Waals surface area contributed by atoms with Crippen molar-refractivity contribution in [2.24, 2.45) is 7.05 Å². The van der Waals surface area contributed by atoms with E-state index in [1.165, 1.54) is 32.5 Å². The third kappa shape index (κ3) is 2.50. The van der Waals surface area contributed by atoms with E-state index in [-0.39, 0.29) is 0 Å². The number of nitrogens with zero attached hydrogens (tertiary/aromatic N) is 3. The molecule has 1 saturated heterocycles. The van der Waals surface area contributed by atoms with Crippen LogP contribution in [0.3, 0.4) is 0 Å². The molecule has 84 valence electrons. The molecule has 0 unspecified atom stereocenters. The summed E-state index contributed by atoms with van der Waals surface area (Å²) in [6.45, 7) is 5.84. The first-order chi connectivity index (χ1) is 7.29. The molecule has 1 aromatic heterocycles. The molecule has 0 aromatic carbocycles. The number of hydrogen-bond donors (Lipinski definition) is 1. The monoisotopic (exact) mass is 208 g/mol. The number of rotatable bonds is 3. The fourth-order valence-electron chi connectivity index (χ4n) is 2.12. The third-order valence-electron chi connectivity index (χ3n) is 3.21. The van der Waals surface area contributed by atoms with Gasteiger partial charge in [-0.1, -0.05) is 6.92 Å². The lowest BCUT2D eigenvalue weighted by molar-refractivity contribution is 0.229. The average Bonchev–Trinajstić information content (AvgIpc) is 2.66. The van der Waals surface area contributed by atoms with Crippen molar-refractivity contribution in [1.82, 2.24) is 14.7 Å². The Labute approximate surface area is 91.3 Å². The molecule has 2 heterocycles. The molecule has 0 atom stereocenters. The Kier molecular flexibility index (Phi) is 3.26. The molecule has 2 rings (SSSR count). The fraction of sp³-hybridized carbons (Fsp3) is 0.727. The van der Waals surface area contributed by atoms with Gasteiger partial charge in [-0.2, -0.15) is 5.10 Å². The van der Waals surface area contributed by atoms with Crippen molar-refractivity contribution in [2.45, 2.75) is 25.8 Å². The molecule has 0 amide bonds. The van der Waals surface area contributed by atoms with E-state index in [0.29, 0.717) is 6.04 Å². The normalized spacial score (nSPS) is 19.3. The zero-order valence-corrected chi connectivity index (χ0v) is 9.61. The first kappa shape index (κ1) is 10.5. The second kappa shape index (κ2) is 4.66. The highest BCUT2D eigenvalue weighted by atomic mass is 15.3. The lowest BCUT2D eigenvalue weighted by Gasteiger charge is -2.31. The van der Waals surface area contributed by atoms with Crippen molar-refractivity contribution in [3.63, 3.8) is 0 Å². The van der Waals surface area contributed by atoms with Crippen molar-refractivity contribution >= 4 is 5.82 Å². The molecule has 0 radical (unpaired) electrons. The Morgan fingerprint density at radius 1 is 1.47 bits per heavy atom. The maximum absolute atomic E-state index is 4.16. The molecule has 0 aliphatic carbocycles. The predicted octanol–water partition coefficient (Wildman–Crippen LogP) is 1.32. The van der Waals surface area contributed by atoms with Crippen LogP contribution >= 0.6 is 0 Å². The van der Waals surface area contributed by atoms with Crippen molar-refractivity contribution in [3.8, 4) is 0 Å². The van der Waals surface area contributed by atoms with Crippen molar-refractivity contribution in [2.75, 3.05) is 25.0 Å². The quantitative estimate of drug-likeness (QED) is 0.813. The zero-order chi connectivity index (χ0) is 10.7. The Hall–Kier alpha value is -1.03. The second-order valence-electron chi connectivity index (χ2n) is 4.19. The summed E-state index contributed by atoms with van der Waals surface area (Å²) in [5.74, 6) is 1.13. The molecule has 0 saturated carbocycles. The largest absolute Gasteiger partial charge is 0.367 e. The van der Waals surface area contributed by atoms with Crippen LogP contribution in [-0.2, 0) is 7.05 Å². The topological polar surface area (TPSA) is 33.1 Å². The summed E-state index contributed by atoms with van der Waals surface area (Å²) in [7, 11) is 1.98. The van der Waals surface area contributed by atoms with Gasteiger partial charge in [-0.25, -0.2) is 0 Å². The van der Waals surface area contributed by atoms with Crippen LogP contribution in [0.4, 0.5) is 5.82 Å². The van der Waals surface area contributed by atoms with Gasteiger partial charge < -0.3 is 10.2 Å². The summed E-state index contributed by atoms with van der Waals surface area (Å²) in [5, 5.41) is 7.70. The van der Waals surface area contributed by atoms with E-state index < -0.39 is 0 Å². The Morgan fingerprint density at radius 3 is 2.73 bits per heavy atom. The van der Waals surface area contributed by atoms with Gasteiger partial charge in [0.25, 0.3) is 0 Å². The van der Waals surface area contributed by atoms with Crippen LogP contribution in [0.5, 0.6) is 0 Å². The van der Waals surface area contributed by atoms with Gasteiger partial charge in [0.2, 0.25) is 0 Å². The molecular weight excluding hydrogens is 188 g/mol. The summed E-state index contributed by atoms with van der Waals surface area (Å²) in [4.78, 5) is 2.50. The second-order valence-corrected chi connectivity index (χ2v) is 4.19. The summed E-state index contributed by atoms with van der Waals surface area (Å²) < 4.78 is 1.90. The minimum absolute atomic E-state index is 0.614. The molecule has 0 spiro atoms. The third-order valence-corrected chi connectivity index (χ3v) is 3.21. The maximum atomic E-state index is 4.16. The summed E-state index contributed by atoms with van der Waals surface area (Å²) in [6, 6.07) is 2.65. The van der Waals surface area contributed by atoms with E-state index in [1.54, 1.807) is 0 Å². The zero-order valence-electron chi connectivity index (χ0n) is 9.61. The minimum atomic E-state index is 0.614. The van der Waals surface area contributed by atoms with E-state index >= 15 is 0 Å². The Morgan fingerprint density at radius 2 is 2.20 bits per heavy atom. The highest BCUT2D eigenvalue weighted by Crippen LogP contribution is 2.15. The van der Waals surface area contributed by atoms with Gasteiger partial charge in [0.05, 0.1) is 6.20 Å². The van der Waals surface area contributed by atoms with Crippen LogP contribution in [0.2, 0.25) is 0 Å². The number of anilines is 1. The summed E-state index contributed by atoms with van der Waals surface area (Å²) in [5.41, 5.74) is 0. The lowest BCUT2D eigenvalue weighted by Crippen LogP contribution is -2.39. The van der Waals surface area contributed by atoms with E-state index in [1.807, 2.05) is 24.0 Å². The van der Waals surface area contributed by atoms with Gasteiger partial charge in [0.15, 0.2) is 0 Å². The molecule has 1 aliphatic rings. The first-order valence-electron chi connectivity index (χ1n) is 5.76. The van der Waals surface area contributed by atoms with Crippen molar-refractivity contribution in [1.29, 1.82) is 0 Å². The molecular formula is C11H20N4. The van der Waals surface area contributed by atoms with E-state index in [4.69, 9.17) is 0 Å². The van der Waals surface area contributed by atoms with Gasteiger partial charge >= 0.3 is 0 Å². The average molecular weight is 208 g/mol. The van der Waals surface area contributed by atoms with E-state index in [2.05, 4.69) is 22.2 Å². The number of nitrogens with one attached hydrogen (secondary N) is 1. The first-order valence-corrected chi connectivity index (χ1v) is 5.76. The van der Waals surface area contributed by atoms with Crippen LogP contribution < -0.4 is 5.32 Å². The van der Waals surface area contributed by atoms with Gasteiger partial charge in [0.1, 0.15) is 5.82 Å². The SMILES string of the molecule is CCN1CCC(Nc2ccnn2C)CC1. The minimum Gasteiger partial charge on any atom is -0.367 e. The van der Waals surface area contributed by atoms with Crippen LogP contribution in [0, 0.1) is 0 Å². The summed E-state index contributed by atoms with van der Waals surface area (Å²) in [6.07, 6.45) is 4.31. The standard InChI is InChI=1S/C11H20N4/c1-3-15-8-5-10(6-9-15)13-11-4-7-12-14(11)2/h4,7,10,13H,3,5-6,8-9H2,1-2H3. The molecule has 15 heavy (non-hydrogen) atoms. The summed E-state index contributed by atoms with van der Waals surface area (Å²) >= 11 is 0. The van der Waals surface area contributed by atoms with Gasteiger partial charge in [-0.15, -0.1) is 0 Å². The van der Waals surface area contributed by atoms with Crippen LogP contribution in [0.25, 0.3) is 0 Å². The highest BCUT2D eigenvalue weighted by Gasteiger charge is 2.18. The van der Waals surface area contributed by atoms with E-state index in [0.717, 1.165) is 5.82 Å². The molecule has 4 heteroatoms. The van der Waals surface area contributed by atoms with Crippen LogP contribution in [0.1, 0.15) is 19.8 Å². The van der Waals surface area contributed by atoms with Gasteiger partial charge in [0, 0.05) is 32.2 Å². The molecule has 0 bridgehead atoms. The maximum Gasteiger partial charge on any atom is 0.124 e. The fourth-order valence-corrected chi connectivity index (χ4v) is 2.12. The molecule has 1 aliphatic heterocycles. The van der Waals surface area contributed by atoms with Gasteiger partial charge in [-0.05, 0) is 19.4 Å². The highest BCUT2D eigenvalue weighted by molar-refractivity contribution is 5.34. The number of aromatic nitrogens is 2. The van der Waals surface area contributed by atoms with E-state index in [9.17, 15) is 0 Å².